The van der Waals surface area contributed by atoms with Crippen LogP contribution in [0.15, 0.2) is 61.2 Å². The Balaban J connectivity index is 1.50. The number of hydrogen-bond acceptors (Lipinski definition) is 8. The van der Waals surface area contributed by atoms with Crippen LogP contribution in [0.4, 0.5) is 11.4 Å². The normalized spacial score (nSPS) is 11.2. The number of pyridine rings is 2. The molecule has 4 aromatic heterocycles. The fourth-order valence-corrected chi connectivity index (χ4v) is 4.85. The van der Waals surface area contributed by atoms with E-state index in [1.807, 2.05) is 38.1 Å². The molecule has 0 aliphatic heterocycles. The summed E-state index contributed by atoms with van der Waals surface area (Å²) in [7, 11) is 0. The average Bonchev–Trinajstić information content (AvgIpc) is 3.56. The molecule has 0 bridgehead atoms. The molecular weight excluding hydrogens is 498 g/mol. The molecule has 0 radical (unpaired) electrons. The van der Waals surface area contributed by atoms with E-state index < -0.39 is 0 Å². The third-order valence-electron chi connectivity index (χ3n) is 6.04. The summed E-state index contributed by atoms with van der Waals surface area (Å²) in [6.07, 6.45) is 6.65. The number of nitrogens with one attached hydrogen (secondary N) is 3. The Morgan fingerprint density at radius 1 is 1.03 bits per heavy atom. The molecule has 0 aliphatic rings. The monoisotopic (exact) mass is 523 g/mol. The lowest BCUT2D eigenvalue weighted by Gasteiger charge is -2.11. The Hall–Kier alpha value is -4.70. The second kappa shape index (κ2) is 9.98. The molecule has 0 saturated heterocycles. The number of Topliss-reactive ketones (excluding diaryl/α,β-unsaturated/α-hetero) is 1. The molecule has 5 aromatic rings. The first-order chi connectivity index (χ1) is 18.2. The highest BCUT2D eigenvalue weighted by Crippen LogP contribution is 2.33. The van der Waals surface area contributed by atoms with Gasteiger partial charge in [0.1, 0.15) is 11.2 Å². The van der Waals surface area contributed by atoms with Gasteiger partial charge in [0.15, 0.2) is 11.6 Å². The third kappa shape index (κ3) is 4.81. The van der Waals surface area contributed by atoms with Crippen LogP contribution in [0.5, 0.6) is 0 Å². The highest BCUT2D eigenvalue weighted by molar-refractivity contribution is 7.17. The van der Waals surface area contributed by atoms with Gasteiger partial charge in [-0.05, 0) is 42.8 Å². The number of nitrogens with zero attached hydrogens (tertiary/aromatic N) is 3. The number of hydrogen-bond donors (Lipinski definition) is 4. The number of rotatable bonds is 7. The zero-order valence-electron chi connectivity index (χ0n) is 21.0. The number of carbonyl (C=O) groups is 2. The number of benzene rings is 1. The van der Waals surface area contributed by atoms with Crippen LogP contribution in [0.3, 0.4) is 0 Å². The van der Waals surface area contributed by atoms with Gasteiger partial charge in [-0.25, -0.2) is 4.98 Å². The standard InChI is InChI=1S/C28H25N7O2S/c1-14(2)28(37)33-18-8-17(10-31-11-18)16-4-5-21(29)19(9-16)25(30)27-34-22-13-32-12-20(26(22)35-27)24-7-6-23(38-24)15(3)36/h4-14,30H,29H2,1-3H3,(H,33,37)(H,34,35). The van der Waals surface area contributed by atoms with Crippen molar-refractivity contribution in [2.75, 3.05) is 11.1 Å². The van der Waals surface area contributed by atoms with Gasteiger partial charge in [0.2, 0.25) is 5.91 Å². The molecule has 0 saturated carbocycles. The third-order valence-corrected chi connectivity index (χ3v) is 7.25. The van der Waals surface area contributed by atoms with E-state index in [1.54, 1.807) is 36.9 Å². The molecule has 9 nitrogen and oxygen atoms in total. The van der Waals surface area contributed by atoms with E-state index in [0.29, 0.717) is 38.7 Å². The van der Waals surface area contributed by atoms with E-state index >= 15 is 0 Å². The van der Waals surface area contributed by atoms with Gasteiger partial charge in [-0.2, -0.15) is 0 Å². The van der Waals surface area contributed by atoms with E-state index in [-0.39, 0.29) is 23.3 Å². The zero-order chi connectivity index (χ0) is 27.0. The molecule has 5 N–H and O–H groups in total. The van der Waals surface area contributed by atoms with Gasteiger partial charge >= 0.3 is 0 Å². The Morgan fingerprint density at radius 3 is 2.55 bits per heavy atom. The van der Waals surface area contributed by atoms with Gasteiger partial charge in [-0.1, -0.05) is 19.9 Å². The number of nitrogens with two attached hydrogens (primary N) is 1. The maximum absolute atomic E-state index is 12.1. The van der Waals surface area contributed by atoms with E-state index in [9.17, 15) is 9.59 Å². The molecule has 190 valence electrons. The smallest absolute Gasteiger partial charge is 0.226 e. The number of aromatic nitrogens is 4. The molecule has 0 spiro atoms. The van der Waals surface area contributed by atoms with Crippen LogP contribution in [0.2, 0.25) is 0 Å². The summed E-state index contributed by atoms with van der Waals surface area (Å²) < 4.78 is 0. The molecular formula is C28H25N7O2S. The Bertz CT molecular complexity index is 1720. The number of ketones is 1. The number of amides is 1. The summed E-state index contributed by atoms with van der Waals surface area (Å²) >= 11 is 1.38. The highest BCUT2D eigenvalue weighted by atomic mass is 32.1. The van der Waals surface area contributed by atoms with E-state index in [0.717, 1.165) is 21.6 Å². The van der Waals surface area contributed by atoms with Crippen molar-refractivity contribution in [3.63, 3.8) is 0 Å². The number of thiophene rings is 1. The minimum atomic E-state index is -0.155. The van der Waals surface area contributed by atoms with Gasteiger partial charge in [0, 0.05) is 45.6 Å². The number of imidazole rings is 1. The number of nitrogen functional groups attached to an aromatic ring is 1. The molecule has 1 aromatic carbocycles. The lowest BCUT2D eigenvalue weighted by molar-refractivity contribution is -0.118. The van der Waals surface area contributed by atoms with Crippen LogP contribution in [0, 0.1) is 11.3 Å². The molecule has 1 amide bonds. The topological polar surface area (TPSA) is 150 Å². The van der Waals surface area contributed by atoms with Crippen molar-refractivity contribution < 1.29 is 9.59 Å². The van der Waals surface area contributed by atoms with Crippen molar-refractivity contribution in [2.45, 2.75) is 20.8 Å². The number of anilines is 2. The number of carbonyl (C=O) groups excluding carboxylic acids is 2. The van der Waals surface area contributed by atoms with Crippen LogP contribution < -0.4 is 11.1 Å². The fraction of sp³-hybridized carbons (Fsp3) is 0.143. The first-order valence-corrected chi connectivity index (χ1v) is 12.7. The molecule has 0 fully saturated rings. The van der Waals surface area contributed by atoms with Gasteiger partial charge < -0.3 is 16.0 Å². The molecule has 0 atom stereocenters. The largest absolute Gasteiger partial charge is 0.398 e. The van der Waals surface area contributed by atoms with Gasteiger partial charge in [0.05, 0.1) is 28.5 Å². The zero-order valence-corrected chi connectivity index (χ0v) is 21.8. The quantitative estimate of drug-likeness (QED) is 0.125. The number of fused-ring (bicyclic) bond motifs is 1. The number of H-pyrrole nitrogens is 1. The summed E-state index contributed by atoms with van der Waals surface area (Å²) in [6, 6.07) is 10.9. The molecule has 4 heterocycles. The van der Waals surface area contributed by atoms with Crippen molar-refractivity contribution in [3.8, 4) is 21.6 Å². The van der Waals surface area contributed by atoms with Crippen LogP contribution in [-0.4, -0.2) is 37.3 Å². The second-order valence-corrected chi connectivity index (χ2v) is 10.3. The molecule has 5 rings (SSSR count). The summed E-state index contributed by atoms with van der Waals surface area (Å²) in [5, 5.41) is 11.8. The first-order valence-electron chi connectivity index (χ1n) is 11.9. The van der Waals surface area contributed by atoms with Crippen molar-refractivity contribution in [2.24, 2.45) is 5.92 Å². The molecule has 38 heavy (non-hydrogen) atoms. The van der Waals surface area contributed by atoms with Gasteiger partial charge in [0.25, 0.3) is 0 Å². The first kappa shape index (κ1) is 25.0. The minimum absolute atomic E-state index is 0.00396. The maximum Gasteiger partial charge on any atom is 0.226 e. The van der Waals surface area contributed by atoms with Crippen molar-refractivity contribution >= 4 is 51.1 Å². The lowest BCUT2D eigenvalue weighted by atomic mass is 10.00. The molecule has 0 unspecified atom stereocenters. The Labute approximate surface area is 222 Å². The maximum atomic E-state index is 12.1. The Morgan fingerprint density at radius 2 is 1.82 bits per heavy atom. The van der Waals surface area contributed by atoms with Crippen LogP contribution in [0.25, 0.3) is 32.6 Å². The predicted octanol–water partition coefficient (Wildman–Crippen LogP) is 5.54. The SMILES string of the molecule is CC(=O)c1ccc(-c2cncc3[nH]c(C(=N)c4cc(-c5cncc(NC(=O)C(C)C)c5)ccc4N)nc23)s1. The van der Waals surface area contributed by atoms with Gasteiger partial charge in [-0.3, -0.25) is 25.0 Å². The molecule has 0 aliphatic carbocycles. The van der Waals surface area contributed by atoms with E-state index in [2.05, 4.69) is 20.3 Å². The minimum Gasteiger partial charge on any atom is -0.398 e. The summed E-state index contributed by atoms with van der Waals surface area (Å²) in [4.78, 5) is 41.9. The van der Waals surface area contributed by atoms with E-state index in [4.69, 9.17) is 16.1 Å². The lowest BCUT2D eigenvalue weighted by Crippen LogP contribution is -2.17. The van der Waals surface area contributed by atoms with Gasteiger partial charge in [-0.15, -0.1) is 11.3 Å². The predicted molar refractivity (Wildman–Crippen MR) is 151 cm³/mol. The van der Waals surface area contributed by atoms with Crippen molar-refractivity contribution in [1.29, 1.82) is 5.41 Å². The summed E-state index contributed by atoms with van der Waals surface area (Å²) in [5.74, 6) is 0.0992. The summed E-state index contributed by atoms with van der Waals surface area (Å²) in [5.41, 5.74) is 11.6. The number of aromatic amines is 1. The highest BCUT2D eigenvalue weighted by Gasteiger charge is 2.18. The van der Waals surface area contributed by atoms with Crippen molar-refractivity contribution in [1.82, 2.24) is 19.9 Å². The van der Waals surface area contributed by atoms with E-state index in [1.165, 1.54) is 18.3 Å². The van der Waals surface area contributed by atoms with Crippen LogP contribution in [0.1, 0.15) is 41.8 Å². The van der Waals surface area contributed by atoms with Crippen molar-refractivity contribution in [3.05, 3.63) is 77.5 Å². The van der Waals surface area contributed by atoms with Crippen LogP contribution in [-0.2, 0) is 4.79 Å². The molecule has 10 heteroatoms. The Kier molecular flexibility index (Phi) is 6.56. The van der Waals surface area contributed by atoms with Crippen LogP contribution >= 0.6 is 11.3 Å². The average molecular weight is 524 g/mol. The summed E-state index contributed by atoms with van der Waals surface area (Å²) in [6.45, 7) is 5.19. The second-order valence-electron chi connectivity index (χ2n) is 9.17. The fourth-order valence-electron chi connectivity index (χ4n) is 3.94.